The van der Waals surface area contributed by atoms with Crippen LogP contribution in [0.2, 0.25) is 0 Å². The van der Waals surface area contributed by atoms with Gasteiger partial charge in [0, 0.05) is 11.1 Å². The molecule has 2 heteroatoms. The fourth-order valence-electron chi connectivity index (χ4n) is 4.65. The molecular formula is C30H30O2. The van der Waals surface area contributed by atoms with Crippen LogP contribution >= 0.6 is 0 Å². The van der Waals surface area contributed by atoms with E-state index in [-0.39, 0.29) is 0 Å². The van der Waals surface area contributed by atoms with Crippen LogP contribution in [0.1, 0.15) is 25.0 Å². The molecule has 0 N–H and O–H groups in total. The van der Waals surface area contributed by atoms with Crippen molar-refractivity contribution in [3.8, 4) is 44.9 Å². The molecule has 0 fully saturated rings. The van der Waals surface area contributed by atoms with E-state index in [1.54, 1.807) is 14.2 Å². The summed E-state index contributed by atoms with van der Waals surface area (Å²) in [5.41, 5.74) is 9.69. The first-order valence-electron chi connectivity index (χ1n) is 11.2. The van der Waals surface area contributed by atoms with E-state index in [1.165, 1.54) is 33.4 Å². The van der Waals surface area contributed by atoms with Crippen molar-refractivity contribution < 1.29 is 9.47 Å². The highest BCUT2D eigenvalue weighted by Crippen LogP contribution is 2.47. The number of ether oxygens (including phenoxy) is 2. The van der Waals surface area contributed by atoms with Crippen molar-refractivity contribution in [3.63, 3.8) is 0 Å². The maximum absolute atomic E-state index is 5.92. The number of rotatable bonds is 7. The Morgan fingerprint density at radius 1 is 0.500 bits per heavy atom. The van der Waals surface area contributed by atoms with E-state index in [0.29, 0.717) is 0 Å². The largest absolute Gasteiger partial charge is 0.496 e. The zero-order chi connectivity index (χ0) is 22.5. The second-order valence-electron chi connectivity index (χ2n) is 7.78. The van der Waals surface area contributed by atoms with Crippen molar-refractivity contribution >= 4 is 0 Å². The lowest BCUT2D eigenvalue weighted by Gasteiger charge is -2.23. The molecule has 0 amide bonds. The summed E-state index contributed by atoms with van der Waals surface area (Å²) < 4.78 is 11.8. The lowest BCUT2D eigenvalue weighted by atomic mass is 9.84. The minimum Gasteiger partial charge on any atom is -0.496 e. The van der Waals surface area contributed by atoms with Crippen LogP contribution in [-0.4, -0.2) is 14.2 Å². The van der Waals surface area contributed by atoms with Crippen molar-refractivity contribution in [2.75, 3.05) is 14.2 Å². The number of hydrogen-bond acceptors (Lipinski definition) is 2. The van der Waals surface area contributed by atoms with Gasteiger partial charge < -0.3 is 9.47 Å². The molecule has 0 spiro atoms. The van der Waals surface area contributed by atoms with E-state index in [0.717, 1.165) is 35.5 Å². The molecule has 0 heterocycles. The third-order valence-corrected chi connectivity index (χ3v) is 6.12. The van der Waals surface area contributed by atoms with Gasteiger partial charge in [0.1, 0.15) is 11.5 Å². The van der Waals surface area contributed by atoms with E-state index < -0.39 is 0 Å². The zero-order valence-electron chi connectivity index (χ0n) is 19.3. The number of hydrogen-bond donors (Lipinski definition) is 0. The van der Waals surface area contributed by atoms with Crippen LogP contribution in [0.25, 0.3) is 33.4 Å². The molecule has 4 aromatic rings. The highest BCUT2D eigenvalue weighted by atomic mass is 16.5. The minimum atomic E-state index is 0.875. The third kappa shape index (κ3) is 3.89. The van der Waals surface area contributed by atoms with E-state index in [4.69, 9.17) is 9.47 Å². The highest BCUT2D eigenvalue weighted by molar-refractivity contribution is 5.90. The van der Waals surface area contributed by atoms with Crippen molar-refractivity contribution in [2.24, 2.45) is 0 Å². The Bertz CT molecular complexity index is 1100. The minimum absolute atomic E-state index is 0.875. The topological polar surface area (TPSA) is 18.5 Å². The third-order valence-electron chi connectivity index (χ3n) is 6.12. The lowest BCUT2D eigenvalue weighted by Crippen LogP contribution is -2.03. The van der Waals surface area contributed by atoms with E-state index in [1.807, 2.05) is 0 Å². The van der Waals surface area contributed by atoms with Crippen molar-refractivity contribution in [1.82, 2.24) is 0 Å². The molecule has 0 radical (unpaired) electrons. The Morgan fingerprint density at radius 3 is 1.19 bits per heavy atom. The number of benzene rings is 4. The normalized spacial score (nSPS) is 10.8. The first-order valence-corrected chi connectivity index (χ1v) is 11.2. The average Bonchev–Trinajstić information content (AvgIpc) is 2.87. The Kier molecular flexibility index (Phi) is 6.61. The molecular weight excluding hydrogens is 392 g/mol. The summed E-state index contributed by atoms with van der Waals surface area (Å²) in [6.45, 7) is 4.42. The van der Waals surface area contributed by atoms with Crippen LogP contribution in [0, 0.1) is 0 Å². The van der Waals surface area contributed by atoms with Gasteiger partial charge in [-0.3, -0.25) is 0 Å². The van der Waals surface area contributed by atoms with E-state index in [2.05, 4.69) is 98.8 Å². The van der Waals surface area contributed by atoms with E-state index >= 15 is 0 Å². The Balaban J connectivity index is 2.09. The Labute approximate surface area is 191 Å². The van der Waals surface area contributed by atoms with Gasteiger partial charge in [-0.15, -0.1) is 0 Å². The van der Waals surface area contributed by atoms with Crippen molar-refractivity contribution in [3.05, 3.63) is 96.1 Å². The Morgan fingerprint density at radius 2 is 0.875 bits per heavy atom. The molecule has 0 aliphatic carbocycles. The molecule has 0 aromatic heterocycles. The summed E-state index contributed by atoms with van der Waals surface area (Å²) in [5.74, 6) is 1.75. The fraction of sp³-hybridized carbons (Fsp3) is 0.200. The molecule has 4 aromatic carbocycles. The highest BCUT2D eigenvalue weighted by Gasteiger charge is 2.23. The average molecular weight is 423 g/mol. The lowest BCUT2D eigenvalue weighted by molar-refractivity contribution is 0.409. The van der Waals surface area contributed by atoms with Crippen LogP contribution in [0.3, 0.4) is 0 Å². The predicted octanol–water partition coefficient (Wildman–Crippen LogP) is 7.83. The van der Waals surface area contributed by atoms with Crippen LogP contribution in [-0.2, 0) is 12.8 Å². The van der Waals surface area contributed by atoms with Gasteiger partial charge in [-0.2, -0.15) is 0 Å². The molecule has 0 bridgehead atoms. The molecule has 0 aliphatic rings. The monoisotopic (exact) mass is 422 g/mol. The van der Waals surface area contributed by atoms with Crippen LogP contribution in [0.4, 0.5) is 0 Å². The van der Waals surface area contributed by atoms with E-state index in [9.17, 15) is 0 Å². The molecule has 0 aliphatic heterocycles. The summed E-state index contributed by atoms with van der Waals surface area (Å²) in [7, 11) is 3.50. The molecule has 2 nitrogen and oxygen atoms in total. The summed E-state index contributed by atoms with van der Waals surface area (Å²) in [4.78, 5) is 0. The maximum atomic E-state index is 5.92. The molecule has 0 atom stereocenters. The van der Waals surface area contributed by atoms with Crippen molar-refractivity contribution in [2.45, 2.75) is 26.7 Å². The van der Waals surface area contributed by atoms with Crippen LogP contribution in [0.15, 0.2) is 84.9 Å². The molecule has 32 heavy (non-hydrogen) atoms. The summed E-state index contributed by atoms with van der Waals surface area (Å²) >= 11 is 0. The summed E-state index contributed by atoms with van der Waals surface area (Å²) in [6, 6.07) is 29.7. The van der Waals surface area contributed by atoms with Gasteiger partial charge >= 0.3 is 0 Å². The van der Waals surface area contributed by atoms with Gasteiger partial charge in [-0.1, -0.05) is 86.6 Å². The zero-order valence-corrected chi connectivity index (χ0v) is 19.3. The first kappa shape index (κ1) is 21.7. The quantitative estimate of drug-likeness (QED) is 0.302. The van der Waals surface area contributed by atoms with Gasteiger partial charge in [0.25, 0.3) is 0 Å². The predicted molar refractivity (Wildman–Crippen MR) is 135 cm³/mol. The second-order valence-corrected chi connectivity index (χ2v) is 7.78. The summed E-state index contributed by atoms with van der Waals surface area (Å²) in [5, 5.41) is 0. The molecule has 162 valence electrons. The van der Waals surface area contributed by atoms with Crippen LogP contribution < -0.4 is 9.47 Å². The molecule has 0 unspecified atom stereocenters. The van der Waals surface area contributed by atoms with Gasteiger partial charge in [-0.25, -0.2) is 0 Å². The maximum Gasteiger partial charge on any atom is 0.127 e. The van der Waals surface area contributed by atoms with Crippen LogP contribution in [0.5, 0.6) is 11.5 Å². The number of methoxy groups -OCH3 is 2. The standard InChI is InChI=1S/C30H30O2/c1-5-23-25(21-13-9-7-10-14-21)17-19-27(31-3)29(23)30-24(6-2)26(18-20-28(30)32-4)22-15-11-8-12-16-22/h7-20H,5-6H2,1-4H3. The SMILES string of the molecule is CCc1c(-c2ccccc2)ccc(OC)c1-c1c(OC)ccc(-c2ccccc2)c1CC. The van der Waals surface area contributed by atoms with Crippen molar-refractivity contribution in [1.29, 1.82) is 0 Å². The first-order chi connectivity index (χ1) is 15.7. The molecule has 4 rings (SSSR count). The Hall–Kier alpha value is -3.52. The van der Waals surface area contributed by atoms with Gasteiger partial charge in [-0.05, 0) is 58.4 Å². The van der Waals surface area contributed by atoms with Gasteiger partial charge in [0.15, 0.2) is 0 Å². The molecule has 0 saturated carbocycles. The van der Waals surface area contributed by atoms with Gasteiger partial charge in [0.2, 0.25) is 0 Å². The van der Waals surface area contributed by atoms with Gasteiger partial charge in [0.05, 0.1) is 14.2 Å². The fourth-order valence-corrected chi connectivity index (χ4v) is 4.65. The smallest absolute Gasteiger partial charge is 0.127 e. The second kappa shape index (κ2) is 9.74. The summed E-state index contributed by atoms with van der Waals surface area (Å²) in [6.07, 6.45) is 1.78. The molecule has 0 saturated heterocycles.